The molecule has 0 bridgehead atoms. The van der Waals surface area contributed by atoms with Gasteiger partial charge in [0.2, 0.25) is 0 Å². The molecule has 2 aromatic rings. The third kappa shape index (κ3) is 3.23. The number of hydrogen-bond acceptors (Lipinski definition) is 5. The average Bonchev–Trinajstić information content (AvgIpc) is 3.26. The Morgan fingerprint density at radius 3 is 3.00 bits per heavy atom. The molecule has 2 aliphatic rings. The number of likely N-dealkylation sites (tertiary alicyclic amines) is 1. The van der Waals surface area contributed by atoms with Gasteiger partial charge in [-0.25, -0.2) is 9.97 Å². The van der Waals surface area contributed by atoms with E-state index in [1.165, 1.54) is 6.42 Å². The van der Waals surface area contributed by atoms with Gasteiger partial charge in [-0.1, -0.05) is 0 Å². The van der Waals surface area contributed by atoms with Crippen molar-refractivity contribution >= 4 is 5.91 Å². The van der Waals surface area contributed by atoms with Crippen molar-refractivity contribution in [2.24, 2.45) is 0 Å². The van der Waals surface area contributed by atoms with Crippen LogP contribution in [0.15, 0.2) is 6.20 Å². The van der Waals surface area contributed by atoms with Crippen LogP contribution in [0.1, 0.15) is 70.6 Å². The van der Waals surface area contributed by atoms with E-state index in [0.29, 0.717) is 18.3 Å². The first-order valence-corrected chi connectivity index (χ1v) is 9.50. The van der Waals surface area contributed by atoms with Crippen LogP contribution >= 0.6 is 0 Å². The molecule has 1 aliphatic heterocycles. The summed E-state index contributed by atoms with van der Waals surface area (Å²) in [6.07, 6.45) is 8.33. The van der Waals surface area contributed by atoms with Crippen molar-refractivity contribution in [3.8, 4) is 0 Å². The van der Waals surface area contributed by atoms with Gasteiger partial charge in [0.25, 0.3) is 5.91 Å². The van der Waals surface area contributed by atoms with Gasteiger partial charge >= 0.3 is 0 Å². The monoisotopic (exact) mass is 354 g/mol. The lowest BCUT2D eigenvalue weighted by Crippen LogP contribution is -2.27. The minimum absolute atomic E-state index is 0.115. The van der Waals surface area contributed by atoms with E-state index in [2.05, 4.69) is 32.4 Å². The molecule has 0 radical (unpaired) electrons. The second-order valence-corrected chi connectivity index (χ2v) is 7.39. The van der Waals surface area contributed by atoms with Gasteiger partial charge in [-0.2, -0.15) is 5.10 Å². The lowest BCUT2D eigenvalue weighted by atomic mass is 9.96. The summed E-state index contributed by atoms with van der Waals surface area (Å²) < 4.78 is 0. The standard InChI is InChI=1S/C19H26N6O/c1-12-20-10-13(17(22-12)16-8-5-9-25(16)2)11-21-19(26)18-14-6-3-4-7-15(14)23-24-18/h10,16H,3-9,11H2,1-2H3,(H,21,26)(H,23,24)/t16-/m1/s1. The molecule has 138 valence electrons. The van der Waals surface area contributed by atoms with Crippen LogP contribution in [-0.2, 0) is 19.4 Å². The first-order chi connectivity index (χ1) is 12.6. The van der Waals surface area contributed by atoms with E-state index in [1.54, 1.807) is 0 Å². The van der Waals surface area contributed by atoms with E-state index in [4.69, 9.17) is 4.98 Å². The minimum Gasteiger partial charge on any atom is -0.346 e. The first kappa shape index (κ1) is 17.1. The summed E-state index contributed by atoms with van der Waals surface area (Å²) in [4.78, 5) is 24.0. The second-order valence-electron chi connectivity index (χ2n) is 7.39. The first-order valence-electron chi connectivity index (χ1n) is 9.50. The van der Waals surface area contributed by atoms with Crippen LogP contribution in [0.4, 0.5) is 0 Å². The Morgan fingerprint density at radius 1 is 1.35 bits per heavy atom. The summed E-state index contributed by atoms with van der Waals surface area (Å²) in [6.45, 7) is 3.43. The number of hydrogen-bond donors (Lipinski definition) is 2. The number of nitrogens with zero attached hydrogens (tertiary/aromatic N) is 4. The zero-order valence-electron chi connectivity index (χ0n) is 15.5. The van der Waals surface area contributed by atoms with Crippen LogP contribution in [0, 0.1) is 6.92 Å². The molecule has 2 aromatic heterocycles. The Hall–Kier alpha value is -2.28. The maximum atomic E-state index is 12.7. The zero-order valence-corrected chi connectivity index (χ0v) is 15.5. The van der Waals surface area contributed by atoms with Gasteiger partial charge in [0.05, 0.1) is 11.7 Å². The van der Waals surface area contributed by atoms with Crippen molar-refractivity contribution in [3.05, 3.63) is 40.2 Å². The highest BCUT2D eigenvalue weighted by Crippen LogP contribution is 2.31. The minimum atomic E-state index is -0.115. The number of fused-ring (bicyclic) bond motifs is 1. The van der Waals surface area contributed by atoms with Crippen LogP contribution in [0.5, 0.6) is 0 Å². The molecule has 7 nitrogen and oxygen atoms in total. The van der Waals surface area contributed by atoms with E-state index in [-0.39, 0.29) is 5.91 Å². The third-order valence-electron chi connectivity index (χ3n) is 5.57. The molecule has 0 unspecified atom stereocenters. The lowest BCUT2D eigenvalue weighted by Gasteiger charge is -2.21. The Balaban J connectivity index is 1.51. The highest BCUT2D eigenvalue weighted by Gasteiger charge is 2.27. The summed E-state index contributed by atoms with van der Waals surface area (Å²) in [5, 5.41) is 10.3. The number of H-pyrrole nitrogens is 1. The Morgan fingerprint density at radius 2 is 2.19 bits per heavy atom. The molecule has 3 heterocycles. The van der Waals surface area contributed by atoms with Gasteiger partial charge in [-0.3, -0.25) is 14.8 Å². The quantitative estimate of drug-likeness (QED) is 0.878. The highest BCUT2D eigenvalue weighted by atomic mass is 16.1. The van der Waals surface area contributed by atoms with E-state index in [0.717, 1.165) is 67.0 Å². The number of rotatable bonds is 4. The SMILES string of the molecule is Cc1ncc(CNC(=O)c2n[nH]c3c2CCCC3)c([C@H]2CCCN2C)n1. The Labute approximate surface area is 153 Å². The molecular weight excluding hydrogens is 328 g/mol. The number of carbonyl (C=O) groups is 1. The molecule has 0 saturated carbocycles. The van der Waals surface area contributed by atoms with Crippen LogP contribution < -0.4 is 5.32 Å². The van der Waals surface area contributed by atoms with E-state index < -0.39 is 0 Å². The number of aromatic amines is 1. The van der Waals surface area contributed by atoms with Gasteiger partial charge in [0, 0.05) is 29.6 Å². The second kappa shape index (κ2) is 7.15. The predicted octanol–water partition coefficient (Wildman–Crippen LogP) is 2.08. The zero-order chi connectivity index (χ0) is 18.1. The van der Waals surface area contributed by atoms with Gasteiger partial charge in [0.1, 0.15) is 5.82 Å². The average molecular weight is 354 g/mol. The van der Waals surface area contributed by atoms with Gasteiger partial charge in [-0.05, 0) is 59.0 Å². The summed E-state index contributed by atoms with van der Waals surface area (Å²) in [5.74, 6) is 0.660. The lowest BCUT2D eigenvalue weighted by molar-refractivity contribution is 0.0944. The number of nitrogens with one attached hydrogen (secondary N) is 2. The Kier molecular flexibility index (Phi) is 4.72. The van der Waals surface area contributed by atoms with Crippen molar-refractivity contribution in [1.29, 1.82) is 0 Å². The fourth-order valence-corrected chi connectivity index (χ4v) is 4.12. The molecule has 0 aromatic carbocycles. The van der Waals surface area contributed by atoms with Crippen LogP contribution in [-0.4, -0.2) is 44.6 Å². The molecule has 1 aliphatic carbocycles. The van der Waals surface area contributed by atoms with Gasteiger partial charge in [-0.15, -0.1) is 0 Å². The van der Waals surface area contributed by atoms with Crippen molar-refractivity contribution < 1.29 is 4.79 Å². The number of aromatic nitrogens is 4. The molecule has 1 amide bonds. The number of carbonyl (C=O) groups excluding carboxylic acids is 1. The van der Waals surface area contributed by atoms with E-state index >= 15 is 0 Å². The molecular formula is C19H26N6O. The van der Waals surface area contributed by atoms with Gasteiger partial charge < -0.3 is 5.32 Å². The number of amides is 1. The fourth-order valence-electron chi connectivity index (χ4n) is 4.12. The summed E-state index contributed by atoms with van der Waals surface area (Å²) >= 11 is 0. The van der Waals surface area contributed by atoms with Crippen LogP contribution in [0.3, 0.4) is 0 Å². The topological polar surface area (TPSA) is 86.8 Å². The molecule has 2 N–H and O–H groups in total. The van der Waals surface area contributed by atoms with Crippen LogP contribution in [0.2, 0.25) is 0 Å². The van der Waals surface area contributed by atoms with E-state index in [1.807, 2.05) is 13.1 Å². The van der Waals surface area contributed by atoms with Crippen molar-refractivity contribution in [3.63, 3.8) is 0 Å². The highest BCUT2D eigenvalue weighted by molar-refractivity contribution is 5.94. The molecule has 1 atom stereocenters. The molecule has 1 saturated heterocycles. The Bertz CT molecular complexity index is 814. The number of aryl methyl sites for hydroxylation is 2. The van der Waals surface area contributed by atoms with Crippen molar-refractivity contribution in [2.75, 3.05) is 13.6 Å². The largest absolute Gasteiger partial charge is 0.346 e. The molecule has 4 rings (SSSR count). The van der Waals surface area contributed by atoms with Crippen LogP contribution in [0.25, 0.3) is 0 Å². The van der Waals surface area contributed by atoms with Gasteiger partial charge in [0.15, 0.2) is 5.69 Å². The molecule has 26 heavy (non-hydrogen) atoms. The van der Waals surface area contributed by atoms with Crippen molar-refractivity contribution in [1.82, 2.24) is 30.4 Å². The summed E-state index contributed by atoms with van der Waals surface area (Å²) in [5.41, 5.74) is 4.79. The van der Waals surface area contributed by atoms with E-state index in [9.17, 15) is 4.79 Å². The predicted molar refractivity (Wildman–Crippen MR) is 97.8 cm³/mol. The third-order valence-corrected chi connectivity index (χ3v) is 5.57. The normalized spacial score (nSPS) is 20.2. The maximum absolute atomic E-state index is 12.7. The molecule has 0 spiro atoms. The smallest absolute Gasteiger partial charge is 0.272 e. The maximum Gasteiger partial charge on any atom is 0.272 e. The fraction of sp³-hybridized carbons (Fsp3) is 0.579. The molecule has 1 fully saturated rings. The summed E-state index contributed by atoms with van der Waals surface area (Å²) in [7, 11) is 2.13. The summed E-state index contributed by atoms with van der Waals surface area (Å²) in [6, 6.07) is 0.307. The van der Waals surface area contributed by atoms with Crippen molar-refractivity contribution in [2.45, 2.75) is 58.0 Å². The molecule has 7 heteroatoms.